The van der Waals surface area contributed by atoms with Gasteiger partial charge in [0, 0.05) is 31.8 Å². The maximum Gasteiger partial charge on any atom is 0.248 e. The van der Waals surface area contributed by atoms with E-state index in [1.807, 2.05) is 0 Å². The Balaban J connectivity index is 1.97. The number of alkyl halides is 2. The summed E-state index contributed by atoms with van der Waals surface area (Å²) in [5.74, 6) is -2.92. The summed E-state index contributed by atoms with van der Waals surface area (Å²) in [6, 6.07) is 0.150. The minimum absolute atomic E-state index is 0.113. The van der Waals surface area contributed by atoms with Crippen molar-refractivity contribution in [3.05, 3.63) is 0 Å². The van der Waals surface area contributed by atoms with Crippen molar-refractivity contribution in [2.75, 3.05) is 13.6 Å². The normalized spacial score (nSPS) is 34.8. The summed E-state index contributed by atoms with van der Waals surface area (Å²) in [6.07, 6.45) is 2.95. The number of rotatable bonds is 3. The molecular formula is C13H22F2N2O. The molecule has 1 amide bonds. The Kier molecular flexibility index (Phi) is 3.90. The zero-order chi connectivity index (χ0) is 13.3. The van der Waals surface area contributed by atoms with Gasteiger partial charge in [0.1, 0.15) is 0 Å². The molecule has 0 aromatic rings. The Morgan fingerprint density at radius 1 is 1.39 bits per heavy atom. The molecule has 3 atom stereocenters. The molecule has 0 heterocycles. The topological polar surface area (TPSA) is 46.3 Å². The van der Waals surface area contributed by atoms with E-state index >= 15 is 0 Å². The van der Waals surface area contributed by atoms with Crippen LogP contribution in [0.4, 0.5) is 8.78 Å². The number of hydrogen-bond acceptors (Lipinski definition) is 2. The van der Waals surface area contributed by atoms with Gasteiger partial charge in [-0.15, -0.1) is 0 Å². The number of amides is 1. The molecule has 2 rings (SSSR count). The van der Waals surface area contributed by atoms with Crippen molar-refractivity contribution in [1.82, 2.24) is 4.90 Å². The van der Waals surface area contributed by atoms with E-state index in [-0.39, 0.29) is 24.8 Å². The van der Waals surface area contributed by atoms with E-state index in [0.717, 1.165) is 19.3 Å². The van der Waals surface area contributed by atoms with E-state index in [4.69, 9.17) is 5.73 Å². The van der Waals surface area contributed by atoms with Gasteiger partial charge in [0.05, 0.1) is 0 Å². The van der Waals surface area contributed by atoms with Crippen LogP contribution in [-0.2, 0) is 4.79 Å². The van der Waals surface area contributed by atoms with Crippen molar-refractivity contribution in [1.29, 1.82) is 0 Å². The maximum absolute atomic E-state index is 13.1. The van der Waals surface area contributed by atoms with Crippen LogP contribution < -0.4 is 5.73 Å². The highest BCUT2D eigenvalue weighted by molar-refractivity contribution is 5.79. The van der Waals surface area contributed by atoms with E-state index in [2.05, 4.69) is 0 Å². The lowest BCUT2D eigenvalue weighted by Gasteiger charge is -2.31. The summed E-state index contributed by atoms with van der Waals surface area (Å²) in [6.45, 7) is 0.573. The molecule has 3 nitrogen and oxygen atoms in total. The molecule has 2 aliphatic rings. The first-order valence-corrected chi connectivity index (χ1v) is 6.79. The molecule has 0 spiro atoms. The van der Waals surface area contributed by atoms with Gasteiger partial charge >= 0.3 is 0 Å². The van der Waals surface area contributed by atoms with Crippen LogP contribution in [0.2, 0.25) is 0 Å². The summed E-state index contributed by atoms with van der Waals surface area (Å²) in [7, 11) is 1.75. The number of hydrogen-bond donors (Lipinski definition) is 1. The van der Waals surface area contributed by atoms with E-state index in [1.54, 1.807) is 11.9 Å². The highest BCUT2D eigenvalue weighted by Gasteiger charge is 2.44. The lowest BCUT2D eigenvalue weighted by molar-refractivity contribution is -0.137. The molecule has 2 fully saturated rings. The number of carbonyl (C=O) groups is 1. The van der Waals surface area contributed by atoms with Gasteiger partial charge in [-0.05, 0) is 31.7 Å². The first-order chi connectivity index (χ1) is 8.44. The molecule has 0 radical (unpaired) electrons. The van der Waals surface area contributed by atoms with E-state index in [9.17, 15) is 13.6 Å². The molecule has 0 bridgehead atoms. The summed E-state index contributed by atoms with van der Waals surface area (Å²) < 4.78 is 26.3. The van der Waals surface area contributed by atoms with Crippen LogP contribution in [-0.4, -0.2) is 36.4 Å². The average molecular weight is 260 g/mol. The van der Waals surface area contributed by atoms with Crippen LogP contribution in [0.1, 0.15) is 38.5 Å². The summed E-state index contributed by atoms with van der Waals surface area (Å²) in [4.78, 5) is 13.9. The number of carbonyl (C=O) groups excluding carboxylic acids is 1. The molecule has 18 heavy (non-hydrogen) atoms. The molecule has 0 aromatic heterocycles. The minimum Gasteiger partial charge on any atom is -0.342 e. The van der Waals surface area contributed by atoms with Crippen LogP contribution in [0.3, 0.4) is 0 Å². The van der Waals surface area contributed by atoms with Crippen LogP contribution in [0.25, 0.3) is 0 Å². The standard InChI is InChI=1S/C13H22F2N2O/c1-17(11-4-2-3-10(11)8-16)12(18)9-5-6-13(14,15)7-9/h9-11H,2-8,16H2,1H3. The number of nitrogens with two attached hydrogens (primary N) is 1. The van der Waals surface area contributed by atoms with Crippen molar-refractivity contribution in [2.24, 2.45) is 17.6 Å². The molecule has 0 saturated heterocycles. The first kappa shape index (κ1) is 13.7. The smallest absolute Gasteiger partial charge is 0.248 e. The second kappa shape index (κ2) is 5.11. The fourth-order valence-electron chi connectivity index (χ4n) is 3.41. The van der Waals surface area contributed by atoms with Crippen molar-refractivity contribution in [2.45, 2.75) is 50.5 Å². The highest BCUT2D eigenvalue weighted by atomic mass is 19.3. The lowest BCUT2D eigenvalue weighted by atomic mass is 10.00. The predicted octanol–water partition coefficient (Wildman–Crippen LogP) is 2.01. The van der Waals surface area contributed by atoms with Crippen LogP contribution in [0.5, 0.6) is 0 Å². The van der Waals surface area contributed by atoms with Gasteiger partial charge in [-0.1, -0.05) is 6.42 Å². The third-order valence-corrected chi connectivity index (χ3v) is 4.52. The van der Waals surface area contributed by atoms with Crippen molar-refractivity contribution in [3.8, 4) is 0 Å². The van der Waals surface area contributed by atoms with Crippen LogP contribution in [0, 0.1) is 11.8 Å². The van der Waals surface area contributed by atoms with Gasteiger partial charge in [0.15, 0.2) is 0 Å². The third kappa shape index (κ3) is 2.66. The fourth-order valence-corrected chi connectivity index (χ4v) is 3.41. The molecule has 5 heteroatoms. The average Bonchev–Trinajstić information content (AvgIpc) is 2.92. The second-order valence-electron chi connectivity index (χ2n) is 5.74. The SMILES string of the molecule is CN(C(=O)C1CCC(F)(F)C1)C1CCCC1CN. The fraction of sp³-hybridized carbons (Fsp3) is 0.923. The van der Waals surface area contributed by atoms with Crippen LogP contribution >= 0.6 is 0 Å². The van der Waals surface area contributed by atoms with E-state index in [1.165, 1.54) is 0 Å². The highest BCUT2D eigenvalue weighted by Crippen LogP contribution is 2.40. The molecule has 2 aliphatic carbocycles. The lowest BCUT2D eigenvalue weighted by Crippen LogP contribution is -2.44. The molecular weight excluding hydrogens is 238 g/mol. The van der Waals surface area contributed by atoms with Crippen molar-refractivity contribution >= 4 is 5.91 Å². The first-order valence-electron chi connectivity index (χ1n) is 6.79. The summed E-state index contributed by atoms with van der Waals surface area (Å²) in [5, 5.41) is 0. The van der Waals surface area contributed by atoms with Crippen molar-refractivity contribution < 1.29 is 13.6 Å². The Morgan fingerprint density at radius 3 is 2.67 bits per heavy atom. The Morgan fingerprint density at radius 2 is 2.11 bits per heavy atom. The Hall–Kier alpha value is -0.710. The van der Waals surface area contributed by atoms with E-state index < -0.39 is 11.8 Å². The van der Waals surface area contributed by atoms with Gasteiger partial charge in [-0.3, -0.25) is 4.79 Å². The van der Waals surface area contributed by atoms with Crippen LogP contribution in [0.15, 0.2) is 0 Å². The van der Waals surface area contributed by atoms with Gasteiger partial charge in [0.25, 0.3) is 0 Å². The molecule has 2 saturated carbocycles. The third-order valence-electron chi connectivity index (χ3n) is 4.52. The summed E-state index contributed by atoms with van der Waals surface area (Å²) in [5.41, 5.74) is 5.70. The number of halogens is 2. The van der Waals surface area contributed by atoms with Gasteiger partial charge in [0.2, 0.25) is 11.8 Å². The quantitative estimate of drug-likeness (QED) is 0.843. The minimum atomic E-state index is -2.65. The molecule has 2 N–H and O–H groups in total. The zero-order valence-electron chi connectivity index (χ0n) is 10.9. The Labute approximate surface area is 107 Å². The zero-order valence-corrected chi connectivity index (χ0v) is 10.9. The maximum atomic E-state index is 13.1. The largest absolute Gasteiger partial charge is 0.342 e. The summed E-state index contributed by atoms with van der Waals surface area (Å²) >= 11 is 0. The van der Waals surface area contributed by atoms with Gasteiger partial charge in [-0.2, -0.15) is 0 Å². The molecule has 104 valence electrons. The number of nitrogens with zero attached hydrogens (tertiary/aromatic N) is 1. The Bertz CT molecular complexity index is 322. The predicted molar refractivity (Wildman–Crippen MR) is 65.2 cm³/mol. The molecule has 0 aliphatic heterocycles. The molecule has 3 unspecified atom stereocenters. The molecule has 0 aromatic carbocycles. The van der Waals surface area contributed by atoms with Gasteiger partial charge in [-0.25, -0.2) is 8.78 Å². The monoisotopic (exact) mass is 260 g/mol. The van der Waals surface area contributed by atoms with E-state index in [0.29, 0.717) is 18.9 Å². The second-order valence-corrected chi connectivity index (χ2v) is 5.74. The van der Waals surface area contributed by atoms with Gasteiger partial charge < -0.3 is 10.6 Å². The van der Waals surface area contributed by atoms with Crippen molar-refractivity contribution in [3.63, 3.8) is 0 Å².